The molecule has 5 nitrogen and oxygen atoms in total. The van der Waals surface area contributed by atoms with Gasteiger partial charge in [0.1, 0.15) is 5.76 Å². The highest BCUT2D eigenvalue weighted by molar-refractivity contribution is 7.98. The number of furan rings is 1. The molecule has 0 radical (unpaired) electrons. The Balaban J connectivity index is 1.47. The van der Waals surface area contributed by atoms with Gasteiger partial charge < -0.3 is 14.3 Å². The molecular formula is C20H17N3O2S. The first-order valence-electron chi connectivity index (χ1n) is 8.18. The summed E-state index contributed by atoms with van der Waals surface area (Å²) in [5.74, 6) is 1.40. The Morgan fingerprint density at radius 3 is 2.85 bits per heavy atom. The van der Waals surface area contributed by atoms with Crippen molar-refractivity contribution in [1.82, 2.24) is 9.55 Å². The van der Waals surface area contributed by atoms with E-state index in [9.17, 15) is 4.79 Å². The lowest BCUT2D eigenvalue weighted by molar-refractivity contribution is 0.0995. The molecule has 0 saturated heterocycles. The molecule has 0 bridgehead atoms. The summed E-state index contributed by atoms with van der Waals surface area (Å²) in [4.78, 5) is 16.8. The minimum absolute atomic E-state index is 0.255. The first-order chi connectivity index (χ1) is 12.7. The molecule has 1 amide bonds. The Kier molecular flexibility index (Phi) is 4.50. The third-order valence-electron chi connectivity index (χ3n) is 4.04. The summed E-state index contributed by atoms with van der Waals surface area (Å²) < 4.78 is 7.64. The van der Waals surface area contributed by atoms with Crippen LogP contribution < -0.4 is 5.32 Å². The van der Waals surface area contributed by atoms with E-state index < -0.39 is 0 Å². The van der Waals surface area contributed by atoms with Gasteiger partial charge in [-0.3, -0.25) is 4.79 Å². The van der Waals surface area contributed by atoms with Gasteiger partial charge in [0.05, 0.1) is 5.75 Å². The normalized spacial score (nSPS) is 11.0. The van der Waals surface area contributed by atoms with Crippen LogP contribution in [0.25, 0.3) is 10.8 Å². The lowest BCUT2D eigenvalue weighted by Gasteiger charge is -2.07. The highest BCUT2D eigenvalue weighted by Gasteiger charge is 2.13. The average Bonchev–Trinajstić information content (AvgIpc) is 3.29. The number of amides is 1. The second kappa shape index (κ2) is 7.09. The molecule has 0 aliphatic carbocycles. The number of rotatable bonds is 5. The maximum Gasteiger partial charge on any atom is 0.291 e. The second-order valence-corrected chi connectivity index (χ2v) is 6.80. The molecule has 0 spiro atoms. The van der Waals surface area contributed by atoms with Crippen LogP contribution >= 0.6 is 11.8 Å². The van der Waals surface area contributed by atoms with E-state index in [4.69, 9.17) is 4.42 Å². The van der Waals surface area contributed by atoms with Crippen molar-refractivity contribution in [2.45, 2.75) is 10.9 Å². The van der Waals surface area contributed by atoms with E-state index in [1.807, 2.05) is 66.3 Å². The number of anilines is 1. The SMILES string of the molecule is Cn1ccnc1SCc1ccc(C(=O)Nc2cccc3ccccc23)o1. The Morgan fingerprint density at radius 1 is 1.15 bits per heavy atom. The summed E-state index contributed by atoms with van der Waals surface area (Å²) >= 11 is 1.56. The number of benzene rings is 2. The van der Waals surface area contributed by atoms with Crippen molar-refractivity contribution in [3.05, 3.63) is 78.5 Å². The van der Waals surface area contributed by atoms with E-state index >= 15 is 0 Å². The predicted molar refractivity (Wildman–Crippen MR) is 103 cm³/mol. The standard InChI is InChI=1S/C20H17N3O2S/c1-23-12-11-21-20(23)26-13-15-9-10-18(25-15)19(24)22-17-8-4-6-14-5-2-3-7-16(14)17/h2-12H,13H2,1H3,(H,22,24). The lowest BCUT2D eigenvalue weighted by atomic mass is 10.1. The molecule has 4 aromatic rings. The fourth-order valence-electron chi connectivity index (χ4n) is 2.72. The van der Waals surface area contributed by atoms with E-state index in [1.54, 1.807) is 24.0 Å². The number of thioether (sulfide) groups is 1. The van der Waals surface area contributed by atoms with Gasteiger partial charge in [0.2, 0.25) is 0 Å². The van der Waals surface area contributed by atoms with Crippen molar-refractivity contribution >= 4 is 34.1 Å². The molecule has 6 heteroatoms. The van der Waals surface area contributed by atoms with Crippen LogP contribution in [0.3, 0.4) is 0 Å². The van der Waals surface area contributed by atoms with Gasteiger partial charge in [-0.2, -0.15) is 0 Å². The first kappa shape index (κ1) is 16.5. The number of nitrogens with one attached hydrogen (secondary N) is 1. The molecule has 0 aliphatic rings. The molecule has 2 heterocycles. The van der Waals surface area contributed by atoms with Gasteiger partial charge in [-0.1, -0.05) is 48.2 Å². The van der Waals surface area contributed by atoms with Gasteiger partial charge in [-0.25, -0.2) is 4.98 Å². The summed E-state index contributed by atoms with van der Waals surface area (Å²) in [5.41, 5.74) is 0.772. The van der Waals surface area contributed by atoms with E-state index in [0.29, 0.717) is 11.5 Å². The fraction of sp³-hybridized carbons (Fsp3) is 0.100. The van der Waals surface area contributed by atoms with Crippen LogP contribution in [0.5, 0.6) is 0 Å². The molecule has 130 valence electrons. The minimum atomic E-state index is -0.255. The number of nitrogens with zero attached hydrogens (tertiary/aromatic N) is 2. The van der Waals surface area contributed by atoms with Crippen molar-refractivity contribution in [2.75, 3.05) is 5.32 Å². The summed E-state index contributed by atoms with van der Waals surface area (Å²) in [5, 5.41) is 5.92. The zero-order chi connectivity index (χ0) is 17.9. The van der Waals surface area contributed by atoms with Crippen molar-refractivity contribution < 1.29 is 9.21 Å². The van der Waals surface area contributed by atoms with Crippen LogP contribution in [0.2, 0.25) is 0 Å². The second-order valence-electron chi connectivity index (χ2n) is 5.86. The van der Waals surface area contributed by atoms with Gasteiger partial charge in [0, 0.05) is 30.5 Å². The van der Waals surface area contributed by atoms with Crippen LogP contribution in [-0.2, 0) is 12.8 Å². The summed E-state index contributed by atoms with van der Waals surface area (Å²) in [6.07, 6.45) is 3.65. The molecule has 2 aromatic carbocycles. The number of hydrogen-bond donors (Lipinski definition) is 1. The van der Waals surface area contributed by atoms with Crippen LogP contribution in [-0.4, -0.2) is 15.5 Å². The number of imidazole rings is 1. The molecule has 0 aliphatic heterocycles. The van der Waals surface area contributed by atoms with Crippen LogP contribution in [0, 0.1) is 0 Å². The smallest absolute Gasteiger partial charge is 0.291 e. The van der Waals surface area contributed by atoms with Crippen molar-refractivity contribution in [2.24, 2.45) is 7.05 Å². The molecule has 0 fully saturated rings. The van der Waals surface area contributed by atoms with Gasteiger partial charge in [-0.05, 0) is 23.6 Å². The molecule has 2 aromatic heterocycles. The quantitative estimate of drug-likeness (QED) is 0.522. The Labute approximate surface area is 155 Å². The molecule has 0 atom stereocenters. The Hall–Kier alpha value is -2.99. The van der Waals surface area contributed by atoms with Gasteiger partial charge in [0.25, 0.3) is 5.91 Å². The van der Waals surface area contributed by atoms with Crippen LogP contribution in [0.4, 0.5) is 5.69 Å². The van der Waals surface area contributed by atoms with E-state index in [1.165, 1.54) is 0 Å². The third kappa shape index (κ3) is 3.36. The number of hydrogen-bond acceptors (Lipinski definition) is 4. The van der Waals surface area contributed by atoms with E-state index in [-0.39, 0.29) is 5.91 Å². The Morgan fingerprint density at radius 2 is 2.00 bits per heavy atom. The molecule has 0 unspecified atom stereocenters. The number of fused-ring (bicyclic) bond motifs is 1. The maximum absolute atomic E-state index is 12.5. The number of aromatic nitrogens is 2. The van der Waals surface area contributed by atoms with Gasteiger partial charge in [-0.15, -0.1) is 0 Å². The zero-order valence-corrected chi connectivity index (χ0v) is 15.0. The monoisotopic (exact) mass is 363 g/mol. The molecular weight excluding hydrogens is 346 g/mol. The fourth-order valence-corrected chi connectivity index (χ4v) is 3.55. The van der Waals surface area contributed by atoms with Gasteiger partial charge >= 0.3 is 0 Å². The van der Waals surface area contributed by atoms with Gasteiger partial charge in [0.15, 0.2) is 10.9 Å². The Bertz CT molecular complexity index is 1060. The highest BCUT2D eigenvalue weighted by atomic mass is 32.2. The maximum atomic E-state index is 12.5. The number of carbonyl (C=O) groups is 1. The van der Waals surface area contributed by atoms with E-state index in [2.05, 4.69) is 10.3 Å². The number of aryl methyl sites for hydroxylation is 1. The van der Waals surface area contributed by atoms with Crippen molar-refractivity contribution in [3.8, 4) is 0 Å². The molecule has 4 rings (SSSR count). The van der Waals surface area contributed by atoms with Crippen molar-refractivity contribution in [3.63, 3.8) is 0 Å². The predicted octanol–water partition coefficient (Wildman–Crippen LogP) is 4.71. The molecule has 1 N–H and O–H groups in total. The molecule has 26 heavy (non-hydrogen) atoms. The average molecular weight is 363 g/mol. The topological polar surface area (TPSA) is 60.1 Å². The first-order valence-corrected chi connectivity index (χ1v) is 9.17. The lowest BCUT2D eigenvalue weighted by Crippen LogP contribution is -2.11. The van der Waals surface area contributed by atoms with Crippen molar-refractivity contribution in [1.29, 1.82) is 0 Å². The molecule has 0 saturated carbocycles. The zero-order valence-electron chi connectivity index (χ0n) is 14.2. The summed E-state index contributed by atoms with van der Waals surface area (Å²) in [6, 6.07) is 17.3. The highest BCUT2D eigenvalue weighted by Crippen LogP contribution is 2.25. The van der Waals surface area contributed by atoms with E-state index in [0.717, 1.165) is 27.4 Å². The number of carbonyl (C=O) groups excluding carboxylic acids is 1. The minimum Gasteiger partial charge on any atom is -0.455 e. The summed E-state index contributed by atoms with van der Waals surface area (Å²) in [7, 11) is 1.94. The summed E-state index contributed by atoms with van der Waals surface area (Å²) in [6.45, 7) is 0. The largest absolute Gasteiger partial charge is 0.455 e. The third-order valence-corrected chi connectivity index (χ3v) is 5.12. The van der Waals surface area contributed by atoms with Crippen LogP contribution in [0.15, 0.2) is 76.6 Å². The van der Waals surface area contributed by atoms with Crippen LogP contribution in [0.1, 0.15) is 16.3 Å².